The van der Waals surface area contributed by atoms with Crippen molar-refractivity contribution < 1.29 is 36.7 Å². The number of hydrogen-bond donors (Lipinski definition) is 0. The van der Waals surface area contributed by atoms with Gasteiger partial charge >= 0.3 is 6.18 Å². The van der Waals surface area contributed by atoms with Crippen LogP contribution in [-0.2, 0) is 25.4 Å². The molecule has 5 heterocycles. The van der Waals surface area contributed by atoms with Crippen LogP contribution in [0.25, 0.3) is 0 Å². The number of anilines is 3. The molecule has 0 bridgehead atoms. The molecule has 4 aliphatic heterocycles. The van der Waals surface area contributed by atoms with E-state index in [0.717, 1.165) is 17.0 Å². The standard InChI is InChI=1S/C32H35F4N7O4/c1-4-26(44)41-17-22-16-39(9-11-42(22)28(46)18-41)8-10-40-15-20-13-27(45)43(25-14-21(32(34,35)36)12-19(2)37-25)29(20)31(47)38(3)24-7-5-6-23(33)30(24)40/h4-7,12,14,20,22,29H,1,8-11,13,15-18H2,2-3H3/t20-,22?,29+/m1/s1. The summed E-state index contributed by atoms with van der Waals surface area (Å²) >= 11 is 0. The number of halogens is 4. The lowest BCUT2D eigenvalue weighted by Crippen LogP contribution is -2.65. The molecule has 11 nitrogen and oxygen atoms in total. The summed E-state index contributed by atoms with van der Waals surface area (Å²) in [7, 11) is 1.46. The Morgan fingerprint density at radius 2 is 1.83 bits per heavy atom. The van der Waals surface area contributed by atoms with Crippen LogP contribution in [-0.4, -0.2) is 115 Å². The second-order valence-corrected chi connectivity index (χ2v) is 12.4. The highest BCUT2D eigenvalue weighted by Crippen LogP contribution is 2.41. The number of rotatable bonds is 5. The second-order valence-electron chi connectivity index (χ2n) is 12.4. The third kappa shape index (κ3) is 6.03. The summed E-state index contributed by atoms with van der Waals surface area (Å²) in [4.78, 5) is 66.1. The second kappa shape index (κ2) is 12.2. The number of fused-ring (bicyclic) bond motifs is 3. The highest BCUT2D eigenvalue weighted by Gasteiger charge is 2.49. The Kier molecular flexibility index (Phi) is 8.45. The summed E-state index contributed by atoms with van der Waals surface area (Å²) in [5.41, 5.74) is -0.477. The van der Waals surface area contributed by atoms with Crippen molar-refractivity contribution in [2.75, 3.05) is 74.1 Å². The van der Waals surface area contributed by atoms with Gasteiger partial charge in [0.1, 0.15) is 24.2 Å². The third-order valence-electron chi connectivity index (χ3n) is 9.44. The molecule has 3 fully saturated rings. The minimum Gasteiger partial charge on any atom is -0.366 e. The van der Waals surface area contributed by atoms with Crippen LogP contribution < -0.4 is 14.7 Å². The van der Waals surface area contributed by atoms with E-state index >= 15 is 4.39 Å². The number of aromatic nitrogens is 1. The van der Waals surface area contributed by atoms with Crippen LogP contribution in [0.2, 0.25) is 0 Å². The Labute approximate surface area is 269 Å². The minimum absolute atomic E-state index is 0.00527. The van der Waals surface area contributed by atoms with E-state index in [1.165, 1.54) is 42.0 Å². The van der Waals surface area contributed by atoms with Crippen LogP contribution in [0.1, 0.15) is 17.7 Å². The van der Waals surface area contributed by atoms with Crippen molar-refractivity contribution >= 4 is 40.8 Å². The lowest BCUT2D eigenvalue weighted by atomic mass is 9.95. The zero-order valence-electron chi connectivity index (χ0n) is 26.0. The molecule has 1 unspecified atom stereocenters. The molecular formula is C32H35F4N7O4. The third-order valence-corrected chi connectivity index (χ3v) is 9.44. The average molecular weight is 658 g/mol. The summed E-state index contributed by atoms with van der Waals surface area (Å²) in [5.74, 6) is -3.03. The van der Waals surface area contributed by atoms with Gasteiger partial charge in [-0.2, -0.15) is 13.2 Å². The molecule has 0 aliphatic carbocycles. The van der Waals surface area contributed by atoms with Crippen molar-refractivity contribution in [3.8, 4) is 0 Å². The van der Waals surface area contributed by atoms with E-state index in [0.29, 0.717) is 39.3 Å². The highest BCUT2D eigenvalue weighted by atomic mass is 19.4. The number of nitrogens with zero attached hydrogens (tertiary/aromatic N) is 7. The van der Waals surface area contributed by atoms with Crippen molar-refractivity contribution in [1.82, 2.24) is 19.7 Å². The van der Waals surface area contributed by atoms with Crippen molar-refractivity contribution in [1.29, 1.82) is 0 Å². The molecule has 2 aromatic rings. The van der Waals surface area contributed by atoms with E-state index in [1.807, 2.05) is 0 Å². The number of carbonyl (C=O) groups excluding carboxylic acids is 4. The van der Waals surface area contributed by atoms with Crippen LogP contribution in [0.3, 0.4) is 0 Å². The average Bonchev–Trinajstić information content (AvgIpc) is 3.35. The van der Waals surface area contributed by atoms with E-state index in [-0.39, 0.29) is 60.3 Å². The van der Waals surface area contributed by atoms with Crippen molar-refractivity contribution in [3.05, 3.63) is 60.1 Å². The number of pyridine rings is 1. The summed E-state index contributed by atoms with van der Waals surface area (Å²) in [6.45, 7) is 7.63. The fraction of sp³-hybridized carbons (Fsp3) is 0.469. The maximum atomic E-state index is 15.6. The van der Waals surface area contributed by atoms with Gasteiger partial charge in [0, 0.05) is 70.9 Å². The Morgan fingerprint density at radius 3 is 2.55 bits per heavy atom. The van der Waals surface area contributed by atoms with Gasteiger partial charge in [-0.05, 0) is 37.3 Å². The molecule has 47 heavy (non-hydrogen) atoms. The zero-order valence-corrected chi connectivity index (χ0v) is 26.0. The van der Waals surface area contributed by atoms with E-state index in [4.69, 9.17) is 0 Å². The summed E-state index contributed by atoms with van der Waals surface area (Å²) in [6.07, 6.45) is -3.64. The predicted octanol–water partition coefficient (Wildman–Crippen LogP) is 2.29. The molecular weight excluding hydrogens is 622 g/mol. The smallest absolute Gasteiger partial charge is 0.366 e. The lowest BCUT2D eigenvalue weighted by molar-refractivity contribution is -0.149. The first-order chi connectivity index (χ1) is 22.3. The molecule has 0 N–H and O–H groups in total. The van der Waals surface area contributed by atoms with Crippen LogP contribution in [0, 0.1) is 18.7 Å². The highest BCUT2D eigenvalue weighted by molar-refractivity contribution is 6.10. The Morgan fingerprint density at radius 1 is 1.06 bits per heavy atom. The molecule has 3 atom stereocenters. The topological polar surface area (TPSA) is 101 Å². The van der Waals surface area contributed by atoms with Gasteiger partial charge in [0.2, 0.25) is 23.6 Å². The molecule has 4 aliphatic rings. The number of piperazine rings is 2. The number of aryl methyl sites for hydroxylation is 1. The number of alkyl halides is 3. The quantitative estimate of drug-likeness (QED) is 0.360. The van der Waals surface area contributed by atoms with E-state index in [2.05, 4.69) is 16.5 Å². The predicted molar refractivity (Wildman–Crippen MR) is 164 cm³/mol. The van der Waals surface area contributed by atoms with Gasteiger partial charge in [-0.15, -0.1) is 0 Å². The van der Waals surface area contributed by atoms with Gasteiger partial charge in [0.15, 0.2) is 0 Å². The molecule has 3 saturated heterocycles. The fourth-order valence-electron chi connectivity index (χ4n) is 7.21. The first-order valence-corrected chi connectivity index (χ1v) is 15.4. The summed E-state index contributed by atoms with van der Waals surface area (Å²) in [5, 5.41) is 0. The number of hydrogen-bond acceptors (Lipinski definition) is 7. The maximum Gasteiger partial charge on any atom is 0.416 e. The largest absolute Gasteiger partial charge is 0.416 e. The van der Waals surface area contributed by atoms with Crippen molar-refractivity contribution in [2.45, 2.75) is 31.6 Å². The van der Waals surface area contributed by atoms with Gasteiger partial charge in [-0.25, -0.2) is 9.37 Å². The molecule has 15 heteroatoms. The van der Waals surface area contributed by atoms with E-state index < -0.39 is 41.3 Å². The molecule has 250 valence electrons. The van der Waals surface area contributed by atoms with Crippen molar-refractivity contribution in [2.24, 2.45) is 5.92 Å². The van der Waals surface area contributed by atoms with Gasteiger partial charge < -0.3 is 19.6 Å². The molecule has 6 rings (SSSR count). The van der Waals surface area contributed by atoms with E-state index in [9.17, 15) is 32.3 Å². The zero-order chi connectivity index (χ0) is 33.8. The first kappa shape index (κ1) is 32.4. The maximum absolute atomic E-state index is 15.6. The van der Waals surface area contributed by atoms with Crippen LogP contribution in [0.15, 0.2) is 43.0 Å². The van der Waals surface area contributed by atoms with Crippen LogP contribution in [0.4, 0.5) is 34.8 Å². The number of benzene rings is 1. The number of likely N-dealkylation sites (N-methyl/N-ethyl adjacent to an activating group) is 1. The number of amides is 4. The normalized spacial score (nSPS) is 23.7. The minimum atomic E-state index is -4.69. The van der Waals surface area contributed by atoms with E-state index in [1.54, 1.807) is 15.9 Å². The van der Waals surface area contributed by atoms with Gasteiger partial charge in [-0.3, -0.25) is 29.0 Å². The molecule has 4 amide bonds. The molecule has 0 saturated carbocycles. The number of para-hydroxylation sites is 1. The SMILES string of the molecule is C=CC(=O)N1CC(=O)N2CCN(CCN3C[C@H]4CC(=O)N(c5cc(C(F)(F)F)cc(C)n5)[C@@H]4C(=O)N(C)c4cccc(F)c43)CC2C1. The van der Waals surface area contributed by atoms with Gasteiger partial charge in [0.05, 0.1) is 23.0 Å². The monoisotopic (exact) mass is 657 g/mol. The number of carbonyl (C=O) groups is 4. The van der Waals surface area contributed by atoms with Crippen molar-refractivity contribution in [3.63, 3.8) is 0 Å². The molecule has 1 aromatic heterocycles. The Hall–Kier alpha value is -4.53. The molecule has 1 aromatic carbocycles. The van der Waals surface area contributed by atoms with Crippen LogP contribution in [0.5, 0.6) is 0 Å². The fourth-order valence-corrected chi connectivity index (χ4v) is 7.21. The van der Waals surface area contributed by atoms with Gasteiger partial charge in [-0.1, -0.05) is 12.6 Å². The van der Waals surface area contributed by atoms with Crippen LogP contribution >= 0.6 is 0 Å². The molecule has 0 radical (unpaired) electrons. The summed E-state index contributed by atoms with van der Waals surface area (Å²) in [6, 6.07) is 4.64. The van der Waals surface area contributed by atoms with Gasteiger partial charge in [0.25, 0.3) is 0 Å². The Bertz CT molecular complexity index is 1630. The Balaban J connectivity index is 1.28. The lowest BCUT2D eigenvalue weighted by Gasteiger charge is -2.47. The molecule has 0 spiro atoms. The first-order valence-electron chi connectivity index (χ1n) is 15.4. The summed E-state index contributed by atoms with van der Waals surface area (Å²) < 4.78 is 56.7.